The molecule has 2 aromatic rings. The number of nitrogens with two attached hydrogens (primary N) is 1. The van der Waals surface area contributed by atoms with Crippen LogP contribution >= 0.6 is 0 Å². The molecule has 1 unspecified atom stereocenters. The number of nitrogens with one attached hydrogen (secondary N) is 1. The first-order chi connectivity index (χ1) is 9.75. The third-order valence-corrected chi connectivity index (χ3v) is 3.36. The molecule has 2 amide bonds. The molecule has 1 aliphatic rings. The summed E-state index contributed by atoms with van der Waals surface area (Å²) in [5.74, 6) is 0. The Kier molecular flexibility index (Phi) is 3.20. The number of aromatic nitrogens is 2. The highest BCUT2D eigenvalue weighted by atomic mass is 16.2. The number of nitrogens with zero attached hydrogens (tertiary/aromatic N) is 3. The molecule has 2 heterocycles. The molecule has 1 aromatic carbocycles. The van der Waals surface area contributed by atoms with Crippen LogP contribution < -0.4 is 16.0 Å². The summed E-state index contributed by atoms with van der Waals surface area (Å²) < 4.78 is 0. The maximum absolute atomic E-state index is 11.8. The Balaban J connectivity index is 1.91. The van der Waals surface area contributed by atoms with Gasteiger partial charge in [-0.3, -0.25) is 14.9 Å². The number of carbonyl (C=O) groups is 1. The van der Waals surface area contributed by atoms with Gasteiger partial charge in [-0.15, -0.1) is 0 Å². The molecule has 1 aliphatic heterocycles. The number of anilines is 2. The zero-order chi connectivity index (χ0) is 13.9. The molecule has 6 nitrogen and oxygen atoms in total. The summed E-state index contributed by atoms with van der Waals surface area (Å²) in [6, 6.07) is 7.11. The van der Waals surface area contributed by atoms with Crippen LogP contribution in [0.4, 0.5) is 16.2 Å². The van der Waals surface area contributed by atoms with Crippen molar-refractivity contribution < 1.29 is 4.79 Å². The minimum absolute atomic E-state index is 0.0703. The quantitative estimate of drug-likeness (QED) is 0.863. The molecule has 0 saturated carbocycles. The molecule has 0 radical (unpaired) electrons. The van der Waals surface area contributed by atoms with Gasteiger partial charge >= 0.3 is 6.03 Å². The van der Waals surface area contributed by atoms with E-state index >= 15 is 0 Å². The SMILES string of the molecule is NC(=O)N1c2ccccc2NCC1Cc1cnccn1. The van der Waals surface area contributed by atoms with Gasteiger partial charge in [0.05, 0.1) is 23.1 Å². The molecule has 6 heteroatoms. The maximum atomic E-state index is 11.8. The van der Waals surface area contributed by atoms with Crippen molar-refractivity contribution in [2.75, 3.05) is 16.8 Å². The summed E-state index contributed by atoms with van der Waals surface area (Å²) in [4.78, 5) is 21.7. The minimum atomic E-state index is -0.451. The van der Waals surface area contributed by atoms with E-state index in [9.17, 15) is 4.79 Å². The standard InChI is InChI=1S/C14H15N5O/c15-14(20)19-11(7-10-8-16-5-6-17-10)9-18-12-3-1-2-4-13(12)19/h1-6,8,11,18H,7,9H2,(H2,15,20). The molecule has 20 heavy (non-hydrogen) atoms. The second-order valence-corrected chi connectivity index (χ2v) is 4.66. The summed E-state index contributed by atoms with van der Waals surface area (Å²) in [5, 5.41) is 3.32. The lowest BCUT2D eigenvalue weighted by Crippen LogP contribution is -2.51. The van der Waals surface area contributed by atoms with Crippen molar-refractivity contribution in [3.8, 4) is 0 Å². The normalized spacial score (nSPS) is 17.2. The second kappa shape index (κ2) is 5.16. The summed E-state index contributed by atoms with van der Waals surface area (Å²) in [7, 11) is 0. The number of fused-ring (bicyclic) bond motifs is 1. The van der Waals surface area contributed by atoms with Crippen molar-refractivity contribution in [3.05, 3.63) is 48.5 Å². The lowest BCUT2D eigenvalue weighted by atomic mass is 10.0. The highest BCUT2D eigenvalue weighted by molar-refractivity contribution is 5.96. The number of carbonyl (C=O) groups excluding carboxylic acids is 1. The number of amides is 2. The Bertz CT molecular complexity index is 616. The van der Waals surface area contributed by atoms with E-state index in [0.29, 0.717) is 13.0 Å². The molecule has 3 rings (SSSR count). The average Bonchev–Trinajstić information content (AvgIpc) is 2.47. The van der Waals surface area contributed by atoms with Crippen molar-refractivity contribution in [3.63, 3.8) is 0 Å². The summed E-state index contributed by atoms with van der Waals surface area (Å²) >= 11 is 0. The molecule has 0 bridgehead atoms. The van der Waals surface area contributed by atoms with E-state index in [-0.39, 0.29) is 6.04 Å². The topological polar surface area (TPSA) is 84.1 Å². The van der Waals surface area contributed by atoms with Crippen LogP contribution in [-0.2, 0) is 6.42 Å². The van der Waals surface area contributed by atoms with E-state index in [1.54, 1.807) is 23.5 Å². The lowest BCUT2D eigenvalue weighted by Gasteiger charge is -2.36. The van der Waals surface area contributed by atoms with E-state index < -0.39 is 6.03 Å². The highest BCUT2D eigenvalue weighted by Gasteiger charge is 2.29. The van der Waals surface area contributed by atoms with Crippen molar-refractivity contribution >= 4 is 17.4 Å². The van der Waals surface area contributed by atoms with Crippen molar-refractivity contribution in [2.45, 2.75) is 12.5 Å². The van der Waals surface area contributed by atoms with Crippen LogP contribution in [0.1, 0.15) is 5.69 Å². The van der Waals surface area contributed by atoms with Gasteiger partial charge in [-0.05, 0) is 12.1 Å². The molecule has 1 atom stereocenters. The van der Waals surface area contributed by atoms with Crippen LogP contribution in [-0.4, -0.2) is 28.6 Å². The van der Waals surface area contributed by atoms with E-state index in [1.165, 1.54) is 0 Å². The molecule has 102 valence electrons. The lowest BCUT2D eigenvalue weighted by molar-refractivity contribution is 0.251. The van der Waals surface area contributed by atoms with Gasteiger partial charge in [-0.25, -0.2) is 4.79 Å². The number of hydrogen-bond acceptors (Lipinski definition) is 4. The van der Waals surface area contributed by atoms with E-state index in [2.05, 4.69) is 15.3 Å². The number of hydrogen-bond donors (Lipinski definition) is 2. The summed E-state index contributed by atoms with van der Waals surface area (Å²) in [6.07, 6.45) is 5.59. The van der Waals surface area contributed by atoms with E-state index in [4.69, 9.17) is 5.73 Å². The van der Waals surface area contributed by atoms with Gasteiger partial charge in [0.2, 0.25) is 0 Å². The first kappa shape index (κ1) is 12.4. The average molecular weight is 269 g/mol. The van der Waals surface area contributed by atoms with Crippen molar-refractivity contribution in [1.29, 1.82) is 0 Å². The van der Waals surface area contributed by atoms with Crippen LogP contribution in [0, 0.1) is 0 Å². The fourth-order valence-corrected chi connectivity index (χ4v) is 2.49. The molecule has 1 aromatic heterocycles. The molecule has 0 aliphatic carbocycles. The summed E-state index contributed by atoms with van der Waals surface area (Å²) in [6.45, 7) is 0.635. The Labute approximate surface area is 116 Å². The number of para-hydroxylation sites is 2. The zero-order valence-electron chi connectivity index (χ0n) is 10.9. The Hall–Kier alpha value is -2.63. The predicted molar refractivity (Wildman–Crippen MR) is 76.5 cm³/mol. The molecular formula is C14H15N5O. The van der Waals surface area contributed by atoms with Gasteiger partial charge in [0, 0.05) is 31.6 Å². The number of rotatable bonds is 2. The highest BCUT2D eigenvalue weighted by Crippen LogP contribution is 2.31. The predicted octanol–water partition coefficient (Wildman–Crippen LogP) is 1.40. The van der Waals surface area contributed by atoms with Gasteiger partial charge in [0.1, 0.15) is 0 Å². The van der Waals surface area contributed by atoms with Crippen LogP contribution in [0.15, 0.2) is 42.9 Å². The molecule has 0 fully saturated rings. The number of benzene rings is 1. The van der Waals surface area contributed by atoms with Crippen molar-refractivity contribution in [1.82, 2.24) is 9.97 Å². The molecule has 0 saturated heterocycles. The number of urea groups is 1. The maximum Gasteiger partial charge on any atom is 0.319 e. The van der Waals surface area contributed by atoms with Crippen LogP contribution in [0.3, 0.4) is 0 Å². The van der Waals surface area contributed by atoms with Gasteiger partial charge in [0.15, 0.2) is 0 Å². The second-order valence-electron chi connectivity index (χ2n) is 4.66. The van der Waals surface area contributed by atoms with Crippen LogP contribution in [0.5, 0.6) is 0 Å². The molecule has 3 N–H and O–H groups in total. The van der Waals surface area contributed by atoms with Crippen molar-refractivity contribution in [2.24, 2.45) is 5.73 Å². The van der Waals surface area contributed by atoms with Crippen LogP contribution in [0.2, 0.25) is 0 Å². The van der Waals surface area contributed by atoms with E-state index in [1.807, 2.05) is 24.3 Å². The number of primary amides is 1. The molecule has 0 spiro atoms. The Morgan fingerprint density at radius 1 is 1.40 bits per heavy atom. The minimum Gasteiger partial charge on any atom is -0.381 e. The summed E-state index contributed by atoms with van der Waals surface area (Å²) in [5.41, 5.74) is 8.11. The largest absolute Gasteiger partial charge is 0.381 e. The van der Waals surface area contributed by atoms with Gasteiger partial charge in [-0.1, -0.05) is 12.1 Å². The molecular weight excluding hydrogens is 254 g/mol. The third-order valence-electron chi connectivity index (χ3n) is 3.36. The zero-order valence-corrected chi connectivity index (χ0v) is 10.9. The van der Waals surface area contributed by atoms with Gasteiger partial charge in [0.25, 0.3) is 0 Å². The third kappa shape index (κ3) is 2.27. The fourth-order valence-electron chi connectivity index (χ4n) is 2.49. The van der Waals surface area contributed by atoms with Gasteiger partial charge < -0.3 is 11.1 Å². The fraction of sp³-hybridized carbons (Fsp3) is 0.214. The smallest absolute Gasteiger partial charge is 0.319 e. The monoisotopic (exact) mass is 269 g/mol. The first-order valence-electron chi connectivity index (χ1n) is 6.42. The Morgan fingerprint density at radius 3 is 3.00 bits per heavy atom. The van der Waals surface area contributed by atoms with E-state index in [0.717, 1.165) is 17.1 Å². The van der Waals surface area contributed by atoms with Crippen LogP contribution in [0.25, 0.3) is 0 Å². The van der Waals surface area contributed by atoms with Gasteiger partial charge in [-0.2, -0.15) is 0 Å². The Morgan fingerprint density at radius 2 is 2.25 bits per heavy atom. The first-order valence-corrected chi connectivity index (χ1v) is 6.42.